The molecule has 2 N–H and O–H groups in total. The average Bonchev–Trinajstić information content (AvgIpc) is 2.45. The van der Waals surface area contributed by atoms with Gasteiger partial charge in [0.15, 0.2) is 0 Å². The Balaban J connectivity index is 1.74. The van der Waals surface area contributed by atoms with Gasteiger partial charge in [-0.2, -0.15) is 0 Å². The average molecular weight is 273 g/mol. The third-order valence-electron chi connectivity index (χ3n) is 2.77. The molecule has 0 unspecified atom stereocenters. The summed E-state index contributed by atoms with van der Waals surface area (Å²) in [6.07, 6.45) is 0. The normalized spacial score (nSPS) is 12.1. The van der Waals surface area contributed by atoms with Gasteiger partial charge in [0.05, 0.1) is 6.61 Å². The van der Waals surface area contributed by atoms with Gasteiger partial charge in [-0.05, 0) is 36.8 Å². The second-order valence-corrected chi connectivity index (χ2v) is 5.54. The van der Waals surface area contributed by atoms with E-state index in [2.05, 4.69) is 24.3 Å². The van der Waals surface area contributed by atoms with Crippen molar-refractivity contribution in [2.75, 3.05) is 12.4 Å². The minimum absolute atomic E-state index is 0.0719. The van der Waals surface area contributed by atoms with Crippen molar-refractivity contribution in [1.29, 1.82) is 0 Å². The van der Waals surface area contributed by atoms with Crippen LogP contribution >= 0.6 is 11.8 Å². The van der Waals surface area contributed by atoms with Gasteiger partial charge in [-0.25, -0.2) is 0 Å². The first-order chi connectivity index (χ1) is 9.25. The van der Waals surface area contributed by atoms with Crippen molar-refractivity contribution in [2.45, 2.75) is 17.9 Å². The second kappa shape index (κ2) is 7.22. The molecule has 0 spiro atoms. The molecule has 2 aromatic carbocycles. The summed E-state index contributed by atoms with van der Waals surface area (Å²) in [6, 6.07) is 18.4. The standard InChI is InChI=1S/C16H19NOS/c1-13(17)14-7-9-15(10-8-14)18-11-12-19-16-5-3-2-4-6-16/h2-10,13H,11-12,17H2,1H3/t13-/m1/s1. The van der Waals surface area contributed by atoms with Gasteiger partial charge in [0.25, 0.3) is 0 Å². The number of hydrogen-bond donors (Lipinski definition) is 1. The largest absolute Gasteiger partial charge is 0.493 e. The summed E-state index contributed by atoms with van der Waals surface area (Å²) in [4.78, 5) is 1.28. The van der Waals surface area contributed by atoms with Crippen LogP contribution in [0.25, 0.3) is 0 Å². The number of thioether (sulfide) groups is 1. The lowest BCUT2D eigenvalue weighted by Gasteiger charge is -2.08. The lowest BCUT2D eigenvalue weighted by atomic mass is 10.1. The fourth-order valence-electron chi connectivity index (χ4n) is 1.70. The molecule has 0 fully saturated rings. The molecule has 0 aliphatic carbocycles. The summed E-state index contributed by atoms with van der Waals surface area (Å²) >= 11 is 1.80. The minimum Gasteiger partial charge on any atom is -0.493 e. The fourth-order valence-corrected chi connectivity index (χ4v) is 2.46. The van der Waals surface area contributed by atoms with E-state index in [1.807, 2.05) is 37.3 Å². The highest BCUT2D eigenvalue weighted by atomic mass is 32.2. The van der Waals surface area contributed by atoms with Crippen LogP contribution in [0.4, 0.5) is 0 Å². The van der Waals surface area contributed by atoms with Gasteiger partial charge in [-0.3, -0.25) is 0 Å². The fraction of sp³-hybridized carbons (Fsp3) is 0.250. The summed E-state index contributed by atoms with van der Waals surface area (Å²) in [6.45, 7) is 2.68. The first kappa shape index (κ1) is 14.0. The zero-order valence-electron chi connectivity index (χ0n) is 11.1. The van der Waals surface area contributed by atoms with Crippen LogP contribution in [0.1, 0.15) is 18.5 Å². The van der Waals surface area contributed by atoms with E-state index in [4.69, 9.17) is 10.5 Å². The van der Waals surface area contributed by atoms with Crippen LogP contribution in [-0.4, -0.2) is 12.4 Å². The molecule has 0 saturated carbocycles. The Morgan fingerprint density at radius 1 is 1.05 bits per heavy atom. The molecular weight excluding hydrogens is 254 g/mol. The number of nitrogens with two attached hydrogens (primary N) is 1. The molecule has 2 nitrogen and oxygen atoms in total. The molecule has 0 aliphatic heterocycles. The molecule has 0 aromatic heterocycles. The minimum atomic E-state index is 0.0719. The van der Waals surface area contributed by atoms with E-state index in [0.717, 1.165) is 17.1 Å². The van der Waals surface area contributed by atoms with E-state index in [1.54, 1.807) is 11.8 Å². The van der Waals surface area contributed by atoms with Gasteiger partial charge in [0.2, 0.25) is 0 Å². The van der Waals surface area contributed by atoms with E-state index < -0.39 is 0 Å². The van der Waals surface area contributed by atoms with Crippen molar-refractivity contribution in [2.24, 2.45) is 5.73 Å². The van der Waals surface area contributed by atoms with Crippen molar-refractivity contribution in [3.05, 3.63) is 60.2 Å². The molecule has 0 aliphatic rings. The highest BCUT2D eigenvalue weighted by molar-refractivity contribution is 7.99. The van der Waals surface area contributed by atoms with Gasteiger partial charge in [0.1, 0.15) is 5.75 Å². The summed E-state index contributed by atoms with van der Waals surface area (Å²) in [5, 5.41) is 0. The quantitative estimate of drug-likeness (QED) is 0.641. The summed E-state index contributed by atoms with van der Waals surface area (Å²) in [5.41, 5.74) is 6.94. The number of benzene rings is 2. The second-order valence-electron chi connectivity index (χ2n) is 4.37. The summed E-state index contributed by atoms with van der Waals surface area (Å²) in [5.74, 6) is 1.84. The van der Waals surface area contributed by atoms with Gasteiger partial charge >= 0.3 is 0 Å². The van der Waals surface area contributed by atoms with Crippen LogP contribution in [0, 0.1) is 0 Å². The smallest absolute Gasteiger partial charge is 0.119 e. The SMILES string of the molecule is C[C@@H](N)c1ccc(OCCSc2ccccc2)cc1. The predicted octanol–water partition coefficient (Wildman–Crippen LogP) is 3.88. The van der Waals surface area contributed by atoms with E-state index in [0.29, 0.717) is 6.61 Å². The molecule has 100 valence electrons. The predicted molar refractivity (Wildman–Crippen MR) is 81.7 cm³/mol. The molecule has 1 atom stereocenters. The van der Waals surface area contributed by atoms with Crippen LogP contribution in [-0.2, 0) is 0 Å². The van der Waals surface area contributed by atoms with Crippen LogP contribution < -0.4 is 10.5 Å². The van der Waals surface area contributed by atoms with Crippen molar-refractivity contribution in [3.63, 3.8) is 0 Å². The lowest BCUT2D eigenvalue weighted by molar-refractivity contribution is 0.344. The van der Waals surface area contributed by atoms with E-state index in [9.17, 15) is 0 Å². The molecule has 0 saturated heterocycles. The van der Waals surface area contributed by atoms with Crippen molar-refractivity contribution in [1.82, 2.24) is 0 Å². The monoisotopic (exact) mass is 273 g/mol. The molecule has 2 rings (SSSR count). The van der Waals surface area contributed by atoms with Crippen LogP contribution in [0.2, 0.25) is 0 Å². The van der Waals surface area contributed by atoms with Gasteiger partial charge in [0, 0.05) is 16.7 Å². The first-order valence-electron chi connectivity index (χ1n) is 6.42. The topological polar surface area (TPSA) is 35.2 Å². The maximum Gasteiger partial charge on any atom is 0.119 e. The Morgan fingerprint density at radius 2 is 1.74 bits per heavy atom. The molecule has 0 amide bonds. The van der Waals surface area contributed by atoms with Crippen molar-refractivity contribution >= 4 is 11.8 Å². The Labute approximate surface area is 119 Å². The Hall–Kier alpha value is -1.45. The maximum absolute atomic E-state index is 5.81. The molecule has 0 heterocycles. The highest BCUT2D eigenvalue weighted by Gasteiger charge is 1.99. The molecular formula is C16H19NOS. The molecule has 2 aromatic rings. The Kier molecular flexibility index (Phi) is 5.31. The zero-order chi connectivity index (χ0) is 13.5. The van der Waals surface area contributed by atoms with Crippen LogP contribution in [0.3, 0.4) is 0 Å². The Morgan fingerprint density at radius 3 is 2.37 bits per heavy atom. The third kappa shape index (κ3) is 4.62. The molecule has 19 heavy (non-hydrogen) atoms. The van der Waals surface area contributed by atoms with Crippen molar-refractivity contribution in [3.8, 4) is 5.75 Å². The van der Waals surface area contributed by atoms with Crippen LogP contribution in [0.15, 0.2) is 59.5 Å². The maximum atomic E-state index is 5.81. The highest BCUT2D eigenvalue weighted by Crippen LogP contribution is 2.19. The van der Waals surface area contributed by atoms with E-state index >= 15 is 0 Å². The molecule has 0 bridgehead atoms. The zero-order valence-corrected chi connectivity index (χ0v) is 11.9. The van der Waals surface area contributed by atoms with Crippen molar-refractivity contribution < 1.29 is 4.74 Å². The number of hydrogen-bond acceptors (Lipinski definition) is 3. The van der Waals surface area contributed by atoms with Gasteiger partial charge in [-0.15, -0.1) is 11.8 Å². The lowest BCUT2D eigenvalue weighted by Crippen LogP contribution is -2.05. The van der Waals surface area contributed by atoms with E-state index in [-0.39, 0.29) is 6.04 Å². The molecule has 3 heteroatoms. The third-order valence-corrected chi connectivity index (χ3v) is 3.75. The molecule has 0 radical (unpaired) electrons. The van der Waals surface area contributed by atoms with Crippen LogP contribution in [0.5, 0.6) is 5.75 Å². The van der Waals surface area contributed by atoms with Gasteiger partial charge < -0.3 is 10.5 Å². The number of rotatable bonds is 6. The summed E-state index contributed by atoms with van der Waals surface area (Å²) in [7, 11) is 0. The summed E-state index contributed by atoms with van der Waals surface area (Å²) < 4.78 is 5.70. The van der Waals surface area contributed by atoms with Gasteiger partial charge in [-0.1, -0.05) is 30.3 Å². The van der Waals surface area contributed by atoms with E-state index in [1.165, 1.54) is 4.90 Å². The Bertz CT molecular complexity index is 482. The number of ether oxygens (including phenoxy) is 1. The first-order valence-corrected chi connectivity index (χ1v) is 7.40.